The molecule has 2 aromatic rings. The average molecular weight is 336 g/mol. The van der Waals surface area contributed by atoms with Crippen molar-refractivity contribution in [3.05, 3.63) is 40.6 Å². The van der Waals surface area contributed by atoms with Crippen LogP contribution in [0.3, 0.4) is 0 Å². The Balaban J connectivity index is 2.20. The van der Waals surface area contributed by atoms with Crippen molar-refractivity contribution in [2.45, 2.75) is 26.8 Å². The summed E-state index contributed by atoms with van der Waals surface area (Å²) in [5.41, 5.74) is 1.23. The Hall–Kier alpha value is -2.34. The van der Waals surface area contributed by atoms with E-state index in [9.17, 15) is 9.59 Å². The molecule has 23 heavy (non-hydrogen) atoms. The Kier molecular flexibility index (Phi) is 5.39. The molecule has 1 aromatic heterocycles. The van der Waals surface area contributed by atoms with Gasteiger partial charge in [-0.15, -0.1) is 0 Å². The summed E-state index contributed by atoms with van der Waals surface area (Å²) in [6.45, 7) is 5.21. The predicted molar refractivity (Wildman–Crippen MR) is 87.3 cm³/mol. The van der Waals surface area contributed by atoms with Gasteiger partial charge in [0.1, 0.15) is 17.0 Å². The SMILES string of the molecule is Cc1onc(-c2ccccc2Cl)c1C(=O)NCC(=O)NC(C)C. The molecule has 0 fully saturated rings. The van der Waals surface area contributed by atoms with Crippen molar-refractivity contribution in [3.8, 4) is 11.3 Å². The first-order valence-corrected chi connectivity index (χ1v) is 7.56. The Morgan fingerprint density at radius 1 is 1.30 bits per heavy atom. The lowest BCUT2D eigenvalue weighted by molar-refractivity contribution is -0.120. The maximum atomic E-state index is 12.4. The second-order valence-corrected chi connectivity index (χ2v) is 5.75. The summed E-state index contributed by atoms with van der Waals surface area (Å²) >= 11 is 6.15. The molecule has 0 spiro atoms. The summed E-state index contributed by atoms with van der Waals surface area (Å²) in [5.74, 6) is -0.332. The molecule has 0 aliphatic heterocycles. The third-order valence-electron chi connectivity index (χ3n) is 3.08. The number of nitrogens with zero attached hydrogens (tertiary/aromatic N) is 1. The number of aromatic nitrogens is 1. The van der Waals surface area contributed by atoms with Crippen molar-refractivity contribution in [1.29, 1.82) is 0 Å². The molecule has 2 N–H and O–H groups in total. The van der Waals surface area contributed by atoms with Gasteiger partial charge in [0.2, 0.25) is 5.91 Å². The fraction of sp³-hybridized carbons (Fsp3) is 0.312. The molecule has 0 aliphatic rings. The van der Waals surface area contributed by atoms with Crippen LogP contribution in [0.15, 0.2) is 28.8 Å². The minimum Gasteiger partial charge on any atom is -0.360 e. The first kappa shape index (κ1) is 17.0. The lowest BCUT2D eigenvalue weighted by Crippen LogP contribution is -2.40. The molecule has 122 valence electrons. The number of rotatable bonds is 5. The number of hydrogen-bond donors (Lipinski definition) is 2. The van der Waals surface area contributed by atoms with Gasteiger partial charge in [0.25, 0.3) is 5.91 Å². The Morgan fingerprint density at radius 2 is 2.00 bits per heavy atom. The Bertz CT molecular complexity index is 725. The third-order valence-corrected chi connectivity index (χ3v) is 3.41. The van der Waals surface area contributed by atoms with Crippen LogP contribution in [0.2, 0.25) is 5.02 Å². The molecule has 6 nitrogen and oxygen atoms in total. The third kappa shape index (κ3) is 4.10. The highest BCUT2D eigenvalue weighted by Gasteiger charge is 2.23. The van der Waals surface area contributed by atoms with Gasteiger partial charge in [-0.2, -0.15) is 0 Å². The smallest absolute Gasteiger partial charge is 0.257 e. The molecule has 0 aliphatic carbocycles. The molecule has 0 unspecified atom stereocenters. The molecule has 0 atom stereocenters. The number of nitrogens with one attached hydrogen (secondary N) is 2. The minimum absolute atomic E-state index is 0.00964. The Labute approximate surface area is 139 Å². The Morgan fingerprint density at radius 3 is 2.65 bits per heavy atom. The van der Waals surface area contributed by atoms with Crippen molar-refractivity contribution in [2.24, 2.45) is 0 Å². The van der Waals surface area contributed by atoms with E-state index in [0.29, 0.717) is 22.0 Å². The second kappa shape index (κ2) is 7.28. The van der Waals surface area contributed by atoms with Gasteiger partial charge in [-0.25, -0.2) is 0 Å². The van der Waals surface area contributed by atoms with Crippen LogP contribution >= 0.6 is 11.6 Å². The summed E-state index contributed by atoms with van der Waals surface area (Å²) in [6.07, 6.45) is 0. The van der Waals surface area contributed by atoms with E-state index in [0.717, 1.165) is 0 Å². The molecule has 1 aromatic carbocycles. The van der Waals surface area contributed by atoms with E-state index in [1.54, 1.807) is 31.2 Å². The van der Waals surface area contributed by atoms with E-state index < -0.39 is 5.91 Å². The van der Waals surface area contributed by atoms with Crippen LogP contribution in [-0.4, -0.2) is 29.6 Å². The van der Waals surface area contributed by atoms with Crippen LogP contribution in [0.25, 0.3) is 11.3 Å². The standard InChI is InChI=1S/C16H18ClN3O3/c1-9(2)19-13(21)8-18-16(22)14-10(3)23-20-15(14)11-6-4-5-7-12(11)17/h4-7,9H,8H2,1-3H3,(H,18,22)(H,19,21). The lowest BCUT2D eigenvalue weighted by Gasteiger charge is -2.09. The van der Waals surface area contributed by atoms with Gasteiger partial charge in [-0.1, -0.05) is 35.0 Å². The summed E-state index contributed by atoms with van der Waals surface area (Å²) < 4.78 is 5.13. The number of carbonyl (C=O) groups is 2. The highest BCUT2D eigenvalue weighted by Crippen LogP contribution is 2.30. The number of amides is 2. The van der Waals surface area contributed by atoms with Crippen molar-refractivity contribution < 1.29 is 14.1 Å². The molecular formula is C16H18ClN3O3. The van der Waals surface area contributed by atoms with E-state index in [2.05, 4.69) is 15.8 Å². The van der Waals surface area contributed by atoms with Crippen LogP contribution < -0.4 is 10.6 Å². The number of halogens is 1. The summed E-state index contributed by atoms with van der Waals surface area (Å²) in [6, 6.07) is 7.05. The van der Waals surface area contributed by atoms with Gasteiger partial charge in [0.05, 0.1) is 11.6 Å². The maximum absolute atomic E-state index is 12.4. The van der Waals surface area contributed by atoms with Gasteiger partial charge >= 0.3 is 0 Å². The number of aryl methyl sites for hydroxylation is 1. The van der Waals surface area contributed by atoms with Crippen LogP contribution in [0, 0.1) is 6.92 Å². The summed E-state index contributed by atoms with van der Waals surface area (Å²) in [7, 11) is 0. The largest absolute Gasteiger partial charge is 0.360 e. The monoisotopic (exact) mass is 335 g/mol. The van der Waals surface area contributed by atoms with Crippen LogP contribution in [-0.2, 0) is 4.79 Å². The molecule has 0 bridgehead atoms. The number of benzene rings is 1. The predicted octanol–water partition coefficient (Wildman–Crippen LogP) is 2.56. The van der Waals surface area contributed by atoms with Gasteiger partial charge in [0, 0.05) is 11.6 Å². The molecule has 2 amide bonds. The average Bonchev–Trinajstić information content (AvgIpc) is 2.86. The molecule has 0 saturated heterocycles. The normalized spacial score (nSPS) is 10.7. The van der Waals surface area contributed by atoms with Gasteiger partial charge < -0.3 is 15.2 Å². The quantitative estimate of drug-likeness (QED) is 0.879. The maximum Gasteiger partial charge on any atom is 0.257 e. The van der Waals surface area contributed by atoms with Crippen molar-refractivity contribution in [2.75, 3.05) is 6.54 Å². The molecule has 2 rings (SSSR count). The second-order valence-electron chi connectivity index (χ2n) is 5.35. The molecule has 0 saturated carbocycles. The number of carbonyl (C=O) groups excluding carboxylic acids is 2. The van der Waals surface area contributed by atoms with Crippen LogP contribution in [0.5, 0.6) is 0 Å². The summed E-state index contributed by atoms with van der Waals surface area (Å²) in [5, 5.41) is 9.65. The fourth-order valence-electron chi connectivity index (χ4n) is 2.10. The lowest BCUT2D eigenvalue weighted by atomic mass is 10.1. The molecule has 1 heterocycles. The van der Waals surface area contributed by atoms with Crippen molar-refractivity contribution in [3.63, 3.8) is 0 Å². The van der Waals surface area contributed by atoms with Gasteiger partial charge in [-0.3, -0.25) is 9.59 Å². The fourth-order valence-corrected chi connectivity index (χ4v) is 2.32. The summed E-state index contributed by atoms with van der Waals surface area (Å²) in [4.78, 5) is 24.0. The number of hydrogen-bond acceptors (Lipinski definition) is 4. The zero-order valence-electron chi connectivity index (χ0n) is 13.1. The van der Waals surface area contributed by atoms with E-state index in [4.69, 9.17) is 16.1 Å². The van der Waals surface area contributed by atoms with Crippen molar-refractivity contribution in [1.82, 2.24) is 15.8 Å². The first-order chi connectivity index (χ1) is 10.9. The van der Waals surface area contributed by atoms with Crippen molar-refractivity contribution >= 4 is 23.4 Å². The topological polar surface area (TPSA) is 84.2 Å². The highest BCUT2D eigenvalue weighted by molar-refractivity contribution is 6.33. The minimum atomic E-state index is -0.433. The van der Waals surface area contributed by atoms with Crippen LogP contribution in [0.1, 0.15) is 30.0 Å². The molecular weight excluding hydrogens is 318 g/mol. The van der Waals surface area contributed by atoms with E-state index >= 15 is 0 Å². The molecule has 7 heteroatoms. The zero-order chi connectivity index (χ0) is 17.0. The highest BCUT2D eigenvalue weighted by atomic mass is 35.5. The molecule has 0 radical (unpaired) electrons. The van der Waals surface area contributed by atoms with Crippen LogP contribution in [0.4, 0.5) is 0 Å². The first-order valence-electron chi connectivity index (χ1n) is 7.19. The zero-order valence-corrected chi connectivity index (χ0v) is 13.9. The van der Waals surface area contributed by atoms with E-state index in [-0.39, 0.29) is 24.1 Å². The van der Waals surface area contributed by atoms with E-state index in [1.165, 1.54) is 0 Å². The van der Waals surface area contributed by atoms with Gasteiger partial charge in [-0.05, 0) is 26.8 Å². The van der Waals surface area contributed by atoms with E-state index in [1.807, 2.05) is 13.8 Å². The van der Waals surface area contributed by atoms with Gasteiger partial charge in [0.15, 0.2) is 0 Å².